The van der Waals surface area contributed by atoms with Crippen LogP contribution in [0.15, 0.2) is 0 Å². The second-order valence-electron chi connectivity index (χ2n) is 3.67. The van der Waals surface area contributed by atoms with Crippen molar-refractivity contribution < 1.29 is 14.6 Å². The molecule has 1 aliphatic rings. The SMILES string of the molecule is COC1C[C@](C)(N)C(C(C)O)O1. The Labute approximate surface area is 72.6 Å². The molecule has 4 heteroatoms. The van der Waals surface area contributed by atoms with E-state index in [2.05, 4.69) is 0 Å². The van der Waals surface area contributed by atoms with Crippen LogP contribution in [-0.4, -0.2) is 36.3 Å². The van der Waals surface area contributed by atoms with E-state index in [9.17, 15) is 5.11 Å². The van der Waals surface area contributed by atoms with Crippen molar-refractivity contribution in [1.82, 2.24) is 0 Å². The highest BCUT2D eigenvalue weighted by Crippen LogP contribution is 2.30. The van der Waals surface area contributed by atoms with E-state index in [1.54, 1.807) is 14.0 Å². The molecule has 0 amide bonds. The van der Waals surface area contributed by atoms with Gasteiger partial charge in [-0.05, 0) is 13.8 Å². The highest BCUT2D eigenvalue weighted by Gasteiger charge is 2.44. The summed E-state index contributed by atoms with van der Waals surface area (Å²) in [5.74, 6) is 0. The fourth-order valence-electron chi connectivity index (χ4n) is 1.65. The summed E-state index contributed by atoms with van der Waals surface area (Å²) >= 11 is 0. The summed E-state index contributed by atoms with van der Waals surface area (Å²) in [7, 11) is 1.57. The topological polar surface area (TPSA) is 64.7 Å². The maximum absolute atomic E-state index is 9.34. The fraction of sp³-hybridized carbons (Fsp3) is 1.00. The van der Waals surface area contributed by atoms with Gasteiger partial charge in [-0.15, -0.1) is 0 Å². The van der Waals surface area contributed by atoms with E-state index >= 15 is 0 Å². The molecule has 0 bridgehead atoms. The largest absolute Gasteiger partial charge is 0.391 e. The van der Waals surface area contributed by atoms with Gasteiger partial charge < -0.3 is 20.3 Å². The lowest BCUT2D eigenvalue weighted by Crippen LogP contribution is -2.49. The fourth-order valence-corrected chi connectivity index (χ4v) is 1.65. The predicted molar refractivity (Wildman–Crippen MR) is 44.6 cm³/mol. The van der Waals surface area contributed by atoms with Gasteiger partial charge in [-0.3, -0.25) is 0 Å². The third-order valence-corrected chi connectivity index (χ3v) is 2.26. The van der Waals surface area contributed by atoms with Crippen LogP contribution in [0.2, 0.25) is 0 Å². The Morgan fingerprint density at radius 1 is 1.75 bits per heavy atom. The average molecular weight is 175 g/mol. The molecule has 3 unspecified atom stereocenters. The zero-order chi connectivity index (χ0) is 9.35. The molecule has 1 heterocycles. The number of aliphatic hydroxyl groups is 1. The van der Waals surface area contributed by atoms with Crippen molar-refractivity contribution in [3.63, 3.8) is 0 Å². The molecule has 3 N–H and O–H groups in total. The first-order valence-electron chi connectivity index (χ1n) is 4.12. The molecular formula is C8H17NO3. The molecule has 12 heavy (non-hydrogen) atoms. The minimum Gasteiger partial charge on any atom is -0.391 e. The summed E-state index contributed by atoms with van der Waals surface area (Å²) in [6, 6.07) is 0. The Kier molecular flexibility index (Phi) is 2.73. The highest BCUT2D eigenvalue weighted by atomic mass is 16.7. The Balaban J connectivity index is 2.64. The maximum Gasteiger partial charge on any atom is 0.159 e. The smallest absolute Gasteiger partial charge is 0.159 e. The summed E-state index contributed by atoms with van der Waals surface area (Å²) in [5.41, 5.74) is 5.43. The molecule has 4 nitrogen and oxygen atoms in total. The van der Waals surface area contributed by atoms with Crippen molar-refractivity contribution in [1.29, 1.82) is 0 Å². The summed E-state index contributed by atoms with van der Waals surface area (Å²) in [5, 5.41) is 9.34. The Morgan fingerprint density at radius 3 is 2.58 bits per heavy atom. The van der Waals surface area contributed by atoms with Gasteiger partial charge in [-0.2, -0.15) is 0 Å². The van der Waals surface area contributed by atoms with E-state index in [1.165, 1.54) is 0 Å². The first kappa shape index (κ1) is 9.92. The van der Waals surface area contributed by atoms with Gasteiger partial charge in [-0.1, -0.05) is 0 Å². The number of methoxy groups -OCH3 is 1. The maximum atomic E-state index is 9.34. The van der Waals surface area contributed by atoms with E-state index in [0.717, 1.165) is 0 Å². The minimum atomic E-state index is -0.555. The minimum absolute atomic E-state index is 0.278. The summed E-state index contributed by atoms with van der Waals surface area (Å²) in [6.07, 6.45) is -0.541. The number of hydrogen-bond acceptors (Lipinski definition) is 4. The molecule has 1 saturated heterocycles. The summed E-state index contributed by atoms with van der Waals surface area (Å²) in [4.78, 5) is 0. The zero-order valence-corrected chi connectivity index (χ0v) is 7.78. The standard InChI is InChI=1S/C8H17NO3/c1-5(10)7-8(2,9)4-6(11-3)12-7/h5-7,10H,4,9H2,1-3H3/t5?,6?,7?,8-/m0/s1. The van der Waals surface area contributed by atoms with Crippen LogP contribution >= 0.6 is 0 Å². The van der Waals surface area contributed by atoms with Crippen LogP contribution in [0.3, 0.4) is 0 Å². The van der Waals surface area contributed by atoms with Gasteiger partial charge in [0.25, 0.3) is 0 Å². The molecule has 1 fully saturated rings. The van der Waals surface area contributed by atoms with Crippen LogP contribution in [0.25, 0.3) is 0 Å². The van der Waals surface area contributed by atoms with E-state index < -0.39 is 11.6 Å². The Hall–Kier alpha value is -0.160. The molecule has 0 aromatic rings. The van der Waals surface area contributed by atoms with Crippen LogP contribution < -0.4 is 5.73 Å². The summed E-state index contributed by atoms with van der Waals surface area (Å²) in [6.45, 7) is 3.54. The van der Waals surface area contributed by atoms with Gasteiger partial charge in [0, 0.05) is 19.1 Å². The molecule has 0 saturated carbocycles. The molecule has 72 valence electrons. The molecule has 0 spiro atoms. The average Bonchev–Trinajstić information content (AvgIpc) is 2.25. The van der Waals surface area contributed by atoms with Gasteiger partial charge in [-0.25, -0.2) is 0 Å². The van der Waals surface area contributed by atoms with Crippen molar-refractivity contribution in [3.8, 4) is 0 Å². The van der Waals surface area contributed by atoms with Crippen molar-refractivity contribution in [2.24, 2.45) is 5.73 Å². The molecular weight excluding hydrogens is 158 g/mol. The van der Waals surface area contributed by atoms with Gasteiger partial charge in [0.15, 0.2) is 6.29 Å². The van der Waals surface area contributed by atoms with Crippen LogP contribution in [0.4, 0.5) is 0 Å². The van der Waals surface area contributed by atoms with Crippen molar-refractivity contribution in [2.75, 3.05) is 7.11 Å². The van der Waals surface area contributed by atoms with Gasteiger partial charge in [0.05, 0.1) is 6.10 Å². The Bertz CT molecular complexity index is 158. The number of hydrogen-bond donors (Lipinski definition) is 2. The second-order valence-corrected chi connectivity index (χ2v) is 3.67. The molecule has 1 aliphatic heterocycles. The number of aliphatic hydroxyl groups excluding tert-OH is 1. The van der Waals surface area contributed by atoms with Crippen molar-refractivity contribution >= 4 is 0 Å². The molecule has 0 aromatic carbocycles. The van der Waals surface area contributed by atoms with E-state index in [4.69, 9.17) is 15.2 Å². The van der Waals surface area contributed by atoms with Crippen LogP contribution in [0.1, 0.15) is 20.3 Å². The first-order valence-corrected chi connectivity index (χ1v) is 4.12. The molecule has 1 rings (SSSR count). The Morgan fingerprint density at radius 2 is 2.33 bits per heavy atom. The van der Waals surface area contributed by atoms with Gasteiger partial charge in [0.2, 0.25) is 0 Å². The monoisotopic (exact) mass is 175 g/mol. The third-order valence-electron chi connectivity index (χ3n) is 2.26. The van der Waals surface area contributed by atoms with Gasteiger partial charge >= 0.3 is 0 Å². The van der Waals surface area contributed by atoms with E-state index in [0.29, 0.717) is 6.42 Å². The van der Waals surface area contributed by atoms with Crippen LogP contribution in [0, 0.1) is 0 Å². The lowest BCUT2D eigenvalue weighted by molar-refractivity contribution is -0.139. The molecule has 4 atom stereocenters. The number of rotatable bonds is 2. The first-order chi connectivity index (χ1) is 5.47. The summed E-state index contributed by atoms with van der Waals surface area (Å²) < 4.78 is 10.4. The van der Waals surface area contributed by atoms with Gasteiger partial charge in [0.1, 0.15) is 6.10 Å². The highest BCUT2D eigenvalue weighted by molar-refractivity contribution is 4.96. The third kappa shape index (κ3) is 1.77. The van der Waals surface area contributed by atoms with Crippen molar-refractivity contribution in [2.45, 2.75) is 44.3 Å². The lowest BCUT2D eigenvalue weighted by Gasteiger charge is -2.26. The number of nitrogens with two attached hydrogens (primary N) is 1. The molecule has 0 aromatic heterocycles. The van der Waals surface area contributed by atoms with Crippen LogP contribution in [0.5, 0.6) is 0 Å². The van der Waals surface area contributed by atoms with Crippen LogP contribution in [-0.2, 0) is 9.47 Å². The normalized spacial score (nSPS) is 44.8. The predicted octanol–water partition coefficient (Wildman–Crippen LogP) is -0.154. The molecule has 0 radical (unpaired) electrons. The van der Waals surface area contributed by atoms with E-state index in [-0.39, 0.29) is 12.4 Å². The van der Waals surface area contributed by atoms with E-state index in [1.807, 2.05) is 6.92 Å². The number of ether oxygens (including phenoxy) is 2. The second kappa shape index (κ2) is 3.30. The molecule has 0 aliphatic carbocycles. The zero-order valence-electron chi connectivity index (χ0n) is 7.78. The lowest BCUT2D eigenvalue weighted by atomic mass is 9.92. The quantitative estimate of drug-likeness (QED) is 0.612. The van der Waals surface area contributed by atoms with Crippen molar-refractivity contribution in [3.05, 3.63) is 0 Å².